The fourth-order valence-electron chi connectivity index (χ4n) is 13.9. The molecule has 2 aromatic rings. The Morgan fingerprint density at radius 2 is 1.06 bits per heavy atom. The summed E-state index contributed by atoms with van der Waals surface area (Å²) in [5.41, 5.74) is 7.31. The SMILES string of the molecule is CC(C)(C)[c-]1cc(CP(C2C3CC4CC(C3)CC2C4)C2C3CC4CC(C3)CC2C4)c(C(P)(C2CNCCN2)C2CNCCN2)c1.[Fe].[cH-]1[cH-][cH-][cH-][cH-]1. The molecule has 10 aliphatic rings. The van der Waals surface area contributed by atoms with Crippen LogP contribution in [0.2, 0.25) is 0 Å². The molecule has 2 aliphatic heterocycles. The Hall–Kier alpha value is -0.0805. The van der Waals surface area contributed by atoms with Gasteiger partial charge in [-0.2, -0.15) is 28.8 Å². The van der Waals surface area contributed by atoms with Crippen molar-refractivity contribution in [1.29, 1.82) is 0 Å². The summed E-state index contributed by atoms with van der Waals surface area (Å²) in [7, 11) is 3.51. The second kappa shape index (κ2) is 15.5. The van der Waals surface area contributed by atoms with Gasteiger partial charge in [-0.15, -0.1) is 17.2 Å². The molecule has 4 nitrogen and oxygen atoms in total. The smallest absolute Gasteiger partial charge is 0.0225 e. The number of hydrogen-bond acceptors (Lipinski definition) is 4. The zero-order valence-corrected chi connectivity index (χ0v) is 35.0. The fourth-order valence-corrected chi connectivity index (χ4v) is 19.3. The van der Waals surface area contributed by atoms with Gasteiger partial charge in [0.05, 0.1) is 0 Å². The molecule has 10 fully saturated rings. The maximum atomic E-state index is 4.05. The summed E-state index contributed by atoms with van der Waals surface area (Å²) in [5.74, 6) is 8.54. The molecule has 0 aromatic heterocycles. The van der Waals surface area contributed by atoms with Gasteiger partial charge < -0.3 is 51.6 Å². The summed E-state index contributed by atoms with van der Waals surface area (Å²) >= 11 is 0. The van der Waals surface area contributed by atoms with Gasteiger partial charge in [-0.05, 0) is 128 Å². The van der Waals surface area contributed by atoms with Crippen LogP contribution >= 0.6 is 17.2 Å². The van der Waals surface area contributed by atoms with Crippen molar-refractivity contribution in [3.63, 3.8) is 0 Å². The molecule has 2 heterocycles. The van der Waals surface area contributed by atoms with Crippen molar-refractivity contribution in [2.45, 2.75) is 125 Å². The van der Waals surface area contributed by atoms with Gasteiger partial charge in [0.2, 0.25) is 0 Å². The van der Waals surface area contributed by atoms with Crippen LogP contribution in [0.4, 0.5) is 0 Å². The predicted octanol–water partition coefficient (Wildman–Crippen LogP) is 7.93. The minimum atomic E-state index is -0.0388. The van der Waals surface area contributed by atoms with Crippen LogP contribution in [0.3, 0.4) is 0 Å². The zero-order chi connectivity index (χ0) is 34.0. The van der Waals surface area contributed by atoms with Gasteiger partial charge in [-0.1, -0.05) is 32.3 Å². The van der Waals surface area contributed by atoms with Crippen LogP contribution < -0.4 is 21.3 Å². The molecule has 0 amide bonds. The van der Waals surface area contributed by atoms with Crippen LogP contribution in [0.1, 0.15) is 102 Å². The Bertz CT molecular complexity index is 1290. The van der Waals surface area contributed by atoms with Crippen LogP contribution in [-0.4, -0.2) is 62.7 Å². The van der Waals surface area contributed by atoms with Crippen LogP contribution in [0.15, 0.2) is 42.5 Å². The van der Waals surface area contributed by atoms with Gasteiger partial charge in [0, 0.05) is 68.4 Å². The van der Waals surface area contributed by atoms with E-state index in [-0.39, 0.29) is 35.6 Å². The van der Waals surface area contributed by atoms with Crippen LogP contribution in [0, 0.1) is 47.3 Å². The number of rotatable bonds is 7. The van der Waals surface area contributed by atoms with Gasteiger partial charge in [0.1, 0.15) is 0 Å². The van der Waals surface area contributed by atoms with E-state index in [2.05, 4.69) is 63.4 Å². The Balaban J connectivity index is 0.000000576. The molecule has 8 saturated carbocycles. The maximum Gasteiger partial charge on any atom is 0.0225 e. The number of piperazine rings is 2. The van der Waals surface area contributed by atoms with Gasteiger partial charge >= 0.3 is 0 Å². The van der Waals surface area contributed by atoms with E-state index >= 15 is 0 Å². The van der Waals surface area contributed by atoms with Crippen molar-refractivity contribution in [3.05, 3.63) is 59.2 Å². The topological polar surface area (TPSA) is 48.1 Å². The van der Waals surface area contributed by atoms with E-state index < -0.39 is 0 Å². The molecule has 8 bridgehead atoms. The summed E-state index contributed by atoms with van der Waals surface area (Å²) in [6.45, 7) is 13.8. The van der Waals surface area contributed by atoms with Crippen LogP contribution in [-0.2, 0) is 33.8 Å². The number of hydrogen-bond donors (Lipinski definition) is 4. The Labute approximate surface area is 324 Å². The molecule has 7 heteroatoms. The second-order valence-electron chi connectivity index (χ2n) is 19.8. The average Bonchev–Trinajstić information content (AvgIpc) is 3.83. The van der Waals surface area contributed by atoms with E-state index in [0.717, 1.165) is 97.9 Å². The molecule has 8 aliphatic carbocycles. The van der Waals surface area contributed by atoms with Gasteiger partial charge in [-0.3, -0.25) is 0 Å². The molecule has 4 N–H and O–H groups in total. The molecule has 2 aromatic carbocycles. The minimum absolute atomic E-state index is 0. The molecule has 2 saturated heterocycles. The average molecular weight is 771 g/mol. The van der Waals surface area contributed by atoms with E-state index in [9.17, 15) is 0 Å². The van der Waals surface area contributed by atoms with Crippen molar-refractivity contribution >= 4 is 17.2 Å². The predicted molar refractivity (Wildman–Crippen MR) is 216 cm³/mol. The van der Waals surface area contributed by atoms with Gasteiger partial charge in [0.25, 0.3) is 0 Å². The maximum absolute atomic E-state index is 4.05. The minimum Gasteiger partial charge on any atom is -0.748 e. The van der Waals surface area contributed by atoms with E-state index in [1.54, 1.807) is 80.9 Å². The number of nitrogens with one attached hydrogen (secondary N) is 4. The van der Waals surface area contributed by atoms with Crippen molar-refractivity contribution in [1.82, 2.24) is 21.3 Å². The first kappa shape index (κ1) is 37.8. The standard InChI is InChI=1S/C39H63N4P2.C5H5.Fe/c1-38(2,3)32-18-31(33(19-32)39(44,34-20-40-4-6-42-34)35-21-41-5-7-43-35)22-45(36-27-10-23-8-24(12-27)13-28(36)11-23)37-29-14-25-9-26(16-29)17-30(37)15-25;1-2-4-5-3-1;/h18-19,23-30,34-37,40-43H,4-17,20-22,44H2,1-3H3;1-5H;/q-1;-5;. The first-order valence-electron chi connectivity index (χ1n) is 21.1. The Morgan fingerprint density at radius 3 is 1.41 bits per heavy atom. The molecule has 12 rings (SSSR count). The van der Waals surface area contributed by atoms with E-state index in [4.69, 9.17) is 0 Å². The first-order chi connectivity index (χ1) is 24.2. The van der Waals surface area contributed by atoms with Gasteiger partial charge in [-0.25, -0.2) is 0 Å². The third-order valence-corrected chi connectivity index (χ3v) is 20.6. The molecule has 3 unspecified atom stereocenters. The molecule has 3 atom stereocenters. The quantitative estimate of drug-likeness (QED) is 0.131. The van der Waals surface area contributed by atoms with E-state index in [1.807, 2.05) is 30.3 Å². The van der Waals surface area contributed by atoms with Crippen molar-refractivity contribution in [3.8, 4) is 0 Å². The van der Waals surface area contributed by atoms with E-state index in [0.29, 0.717) is 12.1 Å². The Kier molecular flexibility index (Phi) is 11.5. The van der Waals surface area contributed by atoms with Crippen molar-refractivity contribution < 1.29 is 17.1 Å². The summed E-state index contributed by atoms with van der Waals surface area (Å²) in [4.78, 5) is 0. The van der Waals surface area contributed by atoms with E-state index in [1.165, 1.54) is 6.16 Å². The van der Waals surface area contributed by atoms with Crippen molar-refractivity contribution in [2.24, 2.45) is 47.3 Å². The first-order valence-corrected chi connectivity index (χ1v) is 23.4. The molecule has 0 radical (unpaired) electrons. The molecular weight excluding hydrogens is 702 g/mol. The zero-order valence-electron chi connectivity index (χ0n) is 31.9. The Morgan fingerprint density at radius 1 is 0.647 bits per heavy atom. The summed E-state index contributed by atoms with van der Waals surface area (Å²) in [6.07, 6.45) is 17.3. The van der Waals surface area contributed by atoms with Crippen LogP contribution in [0.25, 0.3) is 0 Å². The third kappa shape index (κ3) is 7.35. The summed E-state index contributed by atoms with van der Waals surface area (Å²) < 4.78 is 0. The fraction of sp³-hybridized carbons (Fsp3) is 0.773. The summed E-state index contributed by atoms with van der Waals surface area (Å²) in [6, 6.07) is 16.3. The monoisotopic (exact) mass is 770 g/mol. The normalized spacial score (nSPS) is 41.3. The molecule has 51 heavy (non-hydrogen) atoms. The van der Waals surface area contributed by atoms with Crippen LogP contribution in [0.5, 0.6) is 0 Å². The second-order valence-corrected chi connectivity index (χ2v) is 23.3. The largest absolute Gasteiger partial charge is 0.748 e. The van der Waals surface area contributed by atoms with Gasteiger partial charge in [0.15, 0.2) is 0 Å². The summed E-state index contributed by atoms with van der Waals surface area (Å²) in [5, 5.41) is 15.7. The molecule has 0 spiro atoms. The van der Waals surface area contributed by atoms with Crippen molar-refractivity contribution in [2.75, 3.05) is 39.3 Å². The molecular formula is C44H68FeN4P2-6. The third-order valence-electron chi connectivity index (χ3n) is 15.6. The molecule has 288 valence electrons.